The first-order valence-electron chi connectivity index (χ1n) is 10.0. The Morgan fingerprint density at radius 1 is 0.967 bits per heavy atom. The summed E-state index contributed by atoms with van der Waals surface area (Å²) in [7, 11) is 0. The van der Waals surface area contributed by atoms with Gasteiger partial charge in [0.05, 0.1) is 17.9 Å². The first-order chi connectivity index (χ1) is 14.6. The molecule has 0 aliphatic rings. The first kappa shape index (κ1) is 21.7. The van der Waals surface area contributed by atoms with Crippen molar-refractivity contribution in [3.8, 4) is 17.3 Å². The monoisotopic (exact) mass is 422 g/mol. The highest BCUT2D eigenvalue weighted by atomic mass is 32.1. The molecular formula is C23H26N4O2S. The molecular weight excluding hydrogens is 396 g/mol. The Balaban J connectivity index is 2.15. The van der Waals surface area contributed by atoms with Gasteiger partial charge >= 0.3 is 0 Å². The van der Waals surface area contributed by atoms with Gasteiger partial charge in [-0.1, -0.05) is 50.2 Å². The van der Waals surface area contributed by atoms with E-state index in [2.05, 4.69) is 23.7 Å². The number of para-hydroxylation sites is 2. The van der Waals surface area contributed by atoms with Gasteiger partial charge < -0.3 is 10.0 Å². The molecule has 6 nitrogen and oxygen atoms in total. The quantitative estimate of drug-likeness (QED) is 0.443. The van der Waals surface area contributed by atoms with Crippen LogP contribution in [0.3, 0.4) is 0 Å². The van der Waals surface area contributed by atoms with E-state index < -0.39 is 5.56 Å². The number of aliphatic imine (C=N–C) groups is 1. The van der Waals surface area contributed by atoms with Crippen LogP contribution in [-0.2, 0) is 0 Å². The van der Waals surface area contributed by atoms with Gasteiger partial charge in [0.2, 0.25) is 5.88 Å². The minimum Gasteiger partial charge on any atom is -0.494 e. The summed E-state index contributed by atoms with van der Waals surface area (Å²) in [6, 6.07) is 18.4. The predicted molar refractivity (Wildman–Crippen MR) is 124 cm³/mol. The van der Waals surface area contributed by atoms with E-state index >= 15 is 0 Å². The zero-order valence-corrected chi connectivity index (χ0v) is 18.0. The van der Waals surface area contributed by atoms with E-state index in [0.29, 0.717) is 17.9 Å². The van der Waals surface area contributed by atoms with Crippen LogP contribution in [0.5, 0.6) is 5.88 Å². The van der Waals surface area contributed by atoms with Gasteiger partial charge in [-0.3, -0.25) is 18.9 Å². The van der Waals surface area contributed by atoms with E-state index in [1.54, 1.807) is 0 Å². The lowest BCUT2D eigenvalue weighted by Gasteiger charge is -2.17. The Hall–Kier alpha value is -3.03. The predicted octanol–water partition coefficient (Wildman–Crippen LogP) is 3.82. The zero-order valence-electron chi connectivity index (χ0n) is 17.2. The molecule has 0 aliphatic carbocycles. The number of likely N-dealkylation sites (N-methyl/N-ethyl adjacent to an activating group) is 1. The smallest absolute Gasteiger partial charge is 0.271 e. The molecule has 30 heavy (non-hydrogen) atoms. The second-order valence-electron chi connectivity index (χ2n) is 6.73. The number of hydrogen-bond acceptors (Lipinski definition) is 5. The summed E-state index contributed by atoms with van der Waals surface area (Å²) in [5, 5.41) is 11.0. The van der Waals surface area contributed by atoms with Gasteiger partial charge in [-0.15, -0.1) is 0 Å². The van der Waals surface area contributed by atoms with Gasteiger partial charge in [0.1, 0.15) is 5.56 Å². The van der Waals surface area contributed by atoms with Crippen molar-refractivity contribution < 1.29 is 5.11 Å². The number of aromatic nitrogens is 2. The molecule has 0 spiro atoms. The molecule has 0 bridgehead atoms. The summed E-state index contributed by atoms with van der Waals surface area (Å²) in [5.41, 5.74) is 1.01. The van der Waals surface area contributed by atoms with Crippen molar-refractivity contribution in [2.75, 3.05) is 26.2 Å². The molecule has 0 fully saturated rings. The molecule has 2 aromatic carbocycles. The summed E-state index contributed by atoms with van der Waals surface area (Å²) in [6.45, 7) is 7.40. The lowest BCUT2D eigenvalue weighted by atomic mass is 10.2. The normalized spacial score (nSPS) is 11.4. The van der Waals surface area contributed by atoms with Gasteiger partial charge in [0.15, 0.2) is 4.77 Å². The SMILES string of the molecule is CCN(CC)CCN=Cc1c(O)n(-c2ccccc2)c(=S)n(-c2ccccc2)c1=O. The maximum Gasteiger partial charge on any atom is 0.271 e. The number of aromatic hydroxyl groups is 1. The highest BCUT2D eigenvalue weighted by Crippen LogP contribution is 2.21. The van der Waals surface area contributed by atoms with Crippen LogP contribution in [0.1, 0.15) is 19.4 Å². The average Bonchev–Trinajstić information content (AvgIpc) is 2.77. The Bertz CT molecular complexity index is 1120. The summed E-state index contributed by atoms with van der Waals surface area (Å²) < 4.78 is 3.11. The Labute approximate surface area is 181 Å². The van der Waals surface area contributed by atoms with Crippen molar-refractivity contribution in [3.05, 3.63) is 81.4 Å². The highest BCUT2D eigenvalue weighted by molar-refractivity contribution is 7.71. The van der Waals surface area contributed by atoms with E-state index in [1.165, 1.54) is 15.3 Å². The molecule has 156 valence electrons. The van der Waals surface area contributed by atoms with E-state index in [9.17, 15) is 9.90 Å². The molecule has 7 heteroatoms. The standard InChI is InChI=1S/C23H26N4O2S/c1-3-25(4-2)16-15-24-17-20-21(28)26(18-11-7-5-8-12-18)23(30)27(22(20)29)19-13-9-6-10-14-19/h5-14,17,28H,3-4,15-16H2,1-2H3. The van der Waals surface area contributed by atoms with E-state index in [-0.39, 0.29) is 16.2 Å². The maximum absolute atomic E-state index is 13.3. The van der Waals surface area contributed by atoms with Crippen LogP contribution >= 0.6 is 12.2 Å². The number of hydrogen-bond donors (Lipinski definition) is 1. The van der Waals surface area contributed by atoms with Crippen LogP contribution in [0.25, 0.3) is 11.4 Å². The van der Waals surface area contributed by atoms with Gasteiger partial charge in [-0.05, 0) is 49.6 Å². The topological polar surface area (TPSA) is 62.8 Å². The van der Waals surface area contributed by atoms with Gasteiger partial charge in [0.25, 0.3) is 5.56 Å². The summed E-state index contributed by atoms with van der Waals surface area (Å²) >= 11 is 5.61. The van der Waals surface area contributed by atoms with Crippen molar-refractivity contribution in [1.82, 2.24) is 14.0 Å². The molecule has 3 rings (SSSR count). The minimum atomic E-state index is -0.400. The third-order valence-electron chi connectivity index (χ3n) is 4.96. The van der Waals surface area contributed by atoms with Crippen molar-refractivity contribution >= 4 is 18.4 Å². The Kier molecular flexibility index (Phi) is 7.32. The second kappa shape index (κ2) is 10.1. The lowest BCUT2D eigenvalue weighted by molar-refractivity contribution is 0.313. The van der Waals surface area contributed by atoms with Crippen molar-refractivity contribution in [2.24, 2.45) is 4.99 Å². The lowest BCUT2D eigenvalue weighted by Crippen LogP contribution is -2.28. The third kappa shape index (κ3) is 4.58. The van der Waals surface area contributed by atoms with Crippen LogP contribution < -0.4 is 5.56 Å². The molecule has 1 heterocycles. The van der Waals surface area contributed by atoms with Gasteiger partial charge in [-0.2, -0.15) is 0 Å². The molecule has 0 saturated heterocycles. The van der Waals surface area contributed by atoms with E-state index in [0.717, 1.165) is 19.6 Å². The maximum atomic E-state index is 13.3. The van der Waals surface area contributed by atoms with E-state index in [1.807, 2.05) is 60.7 Å². The minimum absolute atomic E-state index is 0.107. The van der Waals surface area contributed by atoms with Crippen molar-refractivity contribution in [2.45, 2.75) is 13.8 Å². The van der Waals surface area contributed by atoms with Crippen molar-refractivity contribution in [1.29, 1.82) is 0 Å². The first-order valence-corrected chi connectivity index (χ1v) is 10.4. The number of nitrogens with zero attached hydrogens (tertiary/aromatic N) is 4. The Morgan fingerprint density at radius 2 is 1.50 bits per heavy atom. The highest BCUT2D eigenvalue weighted by Gasteiger charge is 2.17. The van der Waals surface area contributed by atoms with Crippen LogP contribution in [0.15, 0.2) is 70.5 Å². The second-order valence-corrected chi connectivity index (χ2v) is 7.09. The largest absolute Gasteiger partial charge is 0.494 e. The Morgan fingerprint density at radius 3 is 2.03 bits per heavy atom. The summed E-state index contributed by atoms with van der Waals surface area (Å²) in [5.74, 6) is -0.213. The summed E-state index contributed by atoms with van der Waals surface area (Å²) in [6.07, 6.45) is 1.45. The zero-order chi connectivity index (χ0) is 21.5. The van der Waals surface area contributed by atoms with Gasteiger partial charge in [0, 0.05) is 12.8 Å². The summed E-state index contributed by atoms with van der Waals surface area (Å²) in [4.78, 5) is 19.9. The number of benzene rings is 2. The average molecular weight is 423 g/mol. The van der Waals surface area contributed by atoms with Gasteiger partial charge in [-0.25, -0.2) is 0 Å². The molecule has 3 aromatic rings. The molecule has 1 aromatic heterocycles. The molecule has 0 atom stereocenters. The molecule has 0 unspecified atom stereocenters. The fraction of sp³-hybridized carbons (Fsp3) is 0.261. The molecule has 0 aliphatic heterocycles. The molecule has 1 N–H and O–H groups in total. The van der Waals surface area contributed by atoms with E-state index in [4.69, 9.17) is 12.2 Å². The van der Waals surface area contributed by atoms with Crippen LogP contribution in [0.4, 0.5) is 0 Å². The van der Waals surface area contributed by atoms with Crippen molar-refractivity contribution in [3.63, 3.8) is 0 Å². The molecule has 0 amide bonds. The number of rotatable bonds is 8. The van der Waals surface area contributed by atoms with Crippen LogP contribution in [-0.4, -0.2) is 51.5 Å². The molecule has 0 saturated carbocycles. The molecule has 0 radical (unpaired) electrons. The third-order valence-corrected chi connectivity index (χ3v) is 5.32. The fourth-order valence-electron chi connectivity index (χ4n) is 3.24. The van der Waals surface area contributed by atoms with Crippen LogP contribution in [0, 0.1) is 4.77 Å². The van der Waals surface area contributed by atoms with Crippen LogP contribution in [0.2, 0.25) is 0 Å². The fourth-order valence-corrected chi connectivity index (χ4v) is 3.62.